The molecule has 0 heterocycles. The Kier molecular flexibility index (Phi) is 5.02. The normalized spacial score (nSPS) is 16.9. The molecule has 2 atom stereocenters. The molecule has 1 aromatic rings. The van der Waals surface area contributed by atoms with E-state index in [0.29, 0.717) is 10.9 Å². The molecule has 2 nitrogen and oxygen atoms in total. The third-order valence-electron chi connectivity index (χ3n) is 3.31. The maximum atomic E-state index is 9.50. The Balaban J connectivity index is 3.15. The second kappa shape index (κ2) is 5.70. The van der Waals surface area contributed by atoms with Crippen molar-refractivity contribution in [2.45, 2.75) is 26.3 Å². The first-order valence-corrected chi connectivity index (χ1v) is 6.83. The molecule has 0 fully saturated rings. The first-order chi connectivity index (χ1) is 7.80. The first-order valence-electron chi connectivity index (χ1n) is 5.66. The van der Waals surface area contributed by atoms with Crippen LogP contribution < -0.4 is 5.73 Å². The number of halogens is 2. The molecule has 0 spiro atoms. The third-order valence-corrected chi connectivity index (χ3v) is 4.55. The number of rotatable bonds is 4. The van der Waals surface area contributed by atoms with Crippen molar-refractivity contribution in [2.75, 3.05) is 6.61 Å². The fourth-order valence-corrected chi connectivity index (χ4v) is 2.57. The van der Waals surface area contributed by atoms with Gasteiger partial charge in [0.15, 0.2) is 0 Å². The highest BCUT2D eigenvalue weighted by molar-refractivity contribution is 9.10. The van der Waals surface area contributed by atoms with Crippen LogP contribution in [0.5, 0.6) is 0 Å². The standard InChI is InChI=1S/C13H19BrClNO/c1-8(2)10(7-17)13(3,16)9-4-5-11(14)12(15)6-9/h4-6,8,10,17H,7,16H2,1-3H3/t10-,13+/m1/s1. The van der Waals surface area contributed by atoms with E-state index in [9.17, 15) is 5.11 Å². The molecule has 3 N–H and O–H groups in total. The maximum Gasteiger partial charge on any atom is 0.0551 e. The second-order valence-corrected chi connectivity index (χ2v) is 6.21. The highest BCUT2D eigenvalue weighted by atomic mass is 79.9. The molecule has 0 bridgehead atoms. The highest BCUT2D eigenvalue weighted by Crippen LogP contribution is 2.34. The van der Waals surface area contributed by atoms with Crippen LogP contribution in [0.25, 0.3) is 0 Å². The topological polar surface area (TPSA) is 46.2 Å². The van der Waals surface area contributed by atoms with Crippen LogP contribution in [0.2, 0.25) is 5.02 Å². The lowest BCUT2D eigenvalue weighted by molar-refractivity contribution is 0.120. The summed E-state index contributed by atoms with van der Waals surface area (Å²) in [7, 11) is 0. The maximum absolute atomic E-state index is 9.50. The van der Waals surface area contributed by atoms with E-state index in [1.165, 1.54) is 0 Å². The molecule has 0 saturated heterocycles. The van der Waals surface area contributed by atoms with Gasteiger partial charge >= 0.3 is 0 Å². The zero-order valence-electron chi connectivity index (χ0n) is 10.4. The van der Waals surface area contributed by atoms with E-state index in [1.807, 2.05) is 25.1 Å². The van der Waals surface area contributed by atoms with E-state index in [-0.39, 0.29) is 12.5 Å². The summed E-state index contributed by atoms with van der Waals surface area (Å²) < 4.78 is 0.851. The minimum Gasteiger partial charge on any atom is -0.396 e. The van der Waals surface area contributed by atoms with E-state index in [2.05, 4.69) is 29.8 Å². The van der Waals surface area contributed by atoms with Crippen LogP contribution in [0.4, 0.5) is 0 Å². The fourth-order valence-electron chi connectivity index (χ4n) is 2.14. The molecule has 0 aliphatic rings. The number of hydrogen-bond acceptors (Lipinski definition) is 2. The zero-order valence-corrected chi connectivity index (χ0v) is 12.7. The van der Waals surface area contributed by atoms with Crippen molar-refractivity contribution in [3.8, 4) is 0 Å². The van der Waals surface area contributed by atoms with Crippen molar-refractivity contribution >= 4 is 27.5 Å². The molecule has 0 aromatic heterocycles. The molecule has 1 aromatic carbocycles. The lowest BCUT2D eigenvalue weighted by atomic mass is 9.75. The molecule has 96 valence electrons. The Bertz CT molecular complexity index is 393. The van der Waals surface area contributed by atoms with Crippen molar-refractivity contribution in [3.63, 3.8) is 0 Å². The first kappa shape index (κ1) is 15.0. The average Bonchev–Trinajstić information content (AvgIpc) is 2.21. The van der Waals surface area contributed by atoms with Crippen molar-refractivity contribution in [1.29, 1.82) is 0 Å². The summed E-state index contributed by atoms with van der Waals surface area (Å²) in [6.07, 6.45) is 0. The van der Waals surface area contributed by atoms with Crippen LogP contribution >= 0.6 is 27.5 Å². The number of aliphatic hydroxyl groups excluding tert-OH is 1. The van der Waals surface area contributed by atoms with E-state index in [0.717, 1.165) is 10.0 Å². The van der Waals surface area contributed by atoms with Gasteiger partial charge in [-0.25, -0.2) is 0 Å². The monoisotopic (exact) mass is 319 g/mol. The number of nitrogens with two attached hydrogens (primary N) is 1. The molecule has 17 heavy (non-hydrogen) atoms. The Hall–Kier alpha value is -0.0900. The van der Waals surface area contributed by atoms with Gasteiger partial charge in [-0.1, -0.05) is 31.5 Å². The van der Waals surface area contributed by atoms with E-state index < -0.39 is 5.54 Å². The molecule has 4 heteroatoms. The molecular weight excluding hydrogens is 302 g/mol. The summed E-state index contributed by atoms with van der Waals surface area (Å²) in [5.41, 5.74) is 6.73. The zero-order chi connectivity index (χ0) is 13.2. The van der Waals surface area contributed by atoms with Gasteiger partial charge in [-0.05, 0) is 46.5 Å². The third kappa shape index (κ3) is 3.22. The lowest BCUT2D eigenvalue weighted by Gasteiger charge is -2.36. The molecule has 0 aliphatic carbocycles. The van der Waals surface area contributed by atoms with Gasteiger partial charge in [0.25, 0.3) is 0 Å². The largest absolute Gasteiger partial charge is 0.396 e. The van der Waals surface area contributed by atoms with Gasteiger partial charge in [-0.2, -0.15) is 0 Å². The van der Waals surface area contributed by atoms with Crippen molar-refractivity contribution < 1.29 is 5.11 Å². The fraction of sp³-hybridized carbons (Fsp3) is 0.538. The van der Waals surface area contributed by atoms with Crippen molar-refractivity contribution in [2.24, 2.45) is 17.6 Å². The van der Waals surface area contributed by atoms with E-state index in [4.69, 9.17) is 17.3 Å². The van der Waals surface area contributed by atoms with Crippen molar-refractivity contribution in [3.05, 3.63) is 33.3 Å². The van der Waals surface area contributed by atoms with Gasteiger partial charge in [0.1, 0.15) is 0 Å². The number of aliphatic hydroxyl groups is 1. The predicted molar refractivity (Wildman–Crippen MR) is 76.1 cm³/mol. The lowest BCUT2D eigenvalue weighted by Crippen LogP contribution is -2.45. The van der Waals surface area contributed by atoms with Crippen LogP contribution in [0.15, 0.2) is 22.7 Å². The molecule has 0 aliphatic heterocycles. The van der Waals surface area contributed by atoms with Gasteiger partial charge in [-0.15, -0.1) is 0 Å². The summed E-state index contributed by atoms with van der Waals surface area (Å²) in [5.74, 6) is 0.303. The minimum atomic E-state index is -0.590. The SMILES string of the molecule is CC(C)[C@@H](CO)[C@@](C)(N)c1ccc(Br)c(Cl)c1. The van der Waals surface area contributed by atoms with Gasteiger partial charge in [0.2, 0.25) is 0 Å². The Morgan fingerprint density at radius 2 is 2.06 bits per heavy atom. The number of benzene rings is 1. The Labute approximate surface area is 116 Å². The summed E-state index contributed by atoms with van der Waals surface area (Å²) >= 11 is 9.44. The summed E-state index contributed by atoms with van der Waals surface area (Å²) in [5, 5.41) is 10.1. The van der Waals surface area contributed by atoms with Crippen LogP contribution in [0, 0.1) is 11.8 Å². The van der Waals surface area contributed by atoms with Crippen LogP contribution in [-0.2, 0) is 5.54 Å². The molecular formula is C13H19BrClNO. The molecule has 0 radical (unpaired) electrons. The Morgan fingerprint density at radius 1 is 1.47 bits per heavy atom. The van der Waals surface area contributed by atoms with Crippen LogP contribution in [-0.4, -0.2) is 11.7 Å². The van der Waals surface area contributed by atoms with Gasteiger partial charge in [0.05, 0.1) is 5.02 Å². The van der Waals surface area contributed by atoms with Gasteiger partial charge < -0.3 is 10.8 Å². The molecule has 0 unspecified atom stereocenters. The average molecular weight is 321 g/mol. The highest BCUT2D eigenvalue weighted by Gasteiger charge is 2.33. The second-order valence-electron chi connectivity index (χ2n) is 4.94. The Morgan fingerprint density at radius 3 is 2.47 bits per heavy atom. The molecule has 1 rings (SSSR count). The van der Waals surface area contributed by atoms with Gasteiger partial charge in [-0.3, -0.25) is 0 Å². The van der Waals surface area contributed by atoms with Crippen LogP contribution in [0.3, 0.4) is 0 Å². The predicted octanol–water partition coefficient (Wildman–Crippen LogP) is 3.54. The van der Waals surface area contributed by atoms with Crippen LogP contribution in [0.1, 0.15) is 26.3 Å². The summed E-state index contributed by atoms with van der Waals surface area (Å²) in [6.45, 7) is 6.13. The minimum absolute atomic E-state index is 0.000239. The smallest absolute Gasteiger partial charge is 0.0551 e. The van der Waals surface area contributed by atoms with E-state index >= 15 is 0 Å². The van der Waals surface area contributed by atoms with Gasteiger partial charge in [0, 0.05) is 22.5 Å². The number of hydrogen-bond donors (Lipinski definition) is 2. The molecule has 0 saturated carbocycles. The van der Waals surface area contributed by atoms with E-state index in [1.54, 1.807) is 0 Å². The summed E-state index contributed by atoms with van der Waals surface area (Å²) in [4.78, 5) is 0. The van der Waals surface area contributed by atoms with Crippen molar-refractivity contribution in [1.82, 2.24) is 0 Å². The quantitative estimate of drug-likeness (QED) is 0.891. The molecule has 0 amide bonds. The summed E-state index contributed by atoms with van der Waals surface area (Å²) in [6, 6.07) is 5.69.